The van der Waals surface area contributed by atoms with Gasteiger partial charge in [-0.25, -0.2) is 13.2 Å². The first-order chi connectivity index (χ1) is 10.3. The van der Waals surface area contributed by atoms with Gasteiger partial charge in [0.25, 0.3) is 0 Å². The van der Waals surface area contributed by atoms with E-state index >= 15 is 0 Å². The molecule has 0 saturated heterocycles. The van der Waals surface area contributed by atoms with Gasteiger partial charge in [0.15, 0.2) is 0 Å². The van der Waals surface area contributed by atoms with Crippen LogP contribution in [0.25, 0.3) is 0 Å². The van der Waals surface area contributed by atoms with E-state index < -0.39 is 16.0 Å². The predicted molar refractivity (Wildman–Crippen MR) is 81.3 cm³/mol. The van der Waals surface area contributed by atoms with E-state index in [0.717, 1.165) is 10.4 Å². The third-order valence-electron chi connectivity index (χ3n) is 2.99. The van der Waals surface area contributed by atoms with Gasteiger partial charge in [-0.15, -0.1) is 0 Å². The van der Waals surface area contributed by atoms with Crippen molar-refractivity contribution in [2.45, 2.75) is 11.4 Å². The van der Waals surface area contributed by atoms with E-state index in [1.54, 1.807) is 24.4 Å². The van der Waals surface area contributed by atoms with Crippen molar-refractivity contribution >= 4 is 27.6 Å². The SMILES string of the molecule is CN(Cc1ccccn1)S(=O)(=O)c1ccc(Cl)c(C(=O)O)c1. The molecule has 0 bridgehead atoms. The van der Waals surface area contributed by atoms with Gasteiger partial charge in [0.05, 0.1) is 27.7 Å². The molecule has 2 aromatic rings. The van der Waals surface area contributed by atoms with Crippen molar-refractivity contribution in [1.29, 1.82) is 0 Å². The van der Waals surface area contributed by atoms with Crippen LogP contribution >= 0.6 is 11.6 Å². The molecular weight excluding hydrogens is 328 g/mol. The number of carbonyl (C=O) groups is 1. The third-order valence-corrected chi connectivity index (χ3v) is 5.12. The minimum atomic E-state index is -3.84. The van der Waals surface area contributed by atoms with E-state index in [9.17, 15) is 13.2 Å². The molecule has 2 rings (SSSR count). The Balaban J connectivity index is 2.34. The molecular formula is C14H13ClN2O4S. The Bertz CT molecular complexity index is 794. The lowest BCUT2D eigenvalue weighted by Crippen LogP contribution is -2.27. The molecule has 0 aliphatic carbocycles. The maximum Gasteiger partial charge on any atom is 0.337 e. The van der Waals surface area contributed by atoms with Crippen LogP contribution in [0.3, 0.4) is 0 Å². The van der Waals surface area contributed by atoms with Gasteiger partial charge in [0.1, 0.15) is 0 Å². The number of halogens is 1. The zero-order valence-electron chi connectivity index (χ0n) is 11.6. The molecule has 0 saturated carbocycles. The van der Waals surface area contributed by atoms with Crippen molar-refractivity contribution in [2.75, 3.05) is 7.05 Å². The number of carboxylic acids is 1. The zero-order valence-corrected chi connectivity index (χ0v) is 13.2. The fraction of sp³-hybridized carbons (Fsp3) is 0.143. The van der Waals surface area contributed by atoms with Crippen LogP contribution in [0.15, 0.2) is 47.5 Å². The highest BCUT2D eigenvalue weighted by Crippen LogP contribution is 2.23. The number of nitrogens with zero attached hydrogens (tertiary/aromatic N) is 2. The Hall–Kier alpha value is -1.96. The fourth-order valence-electron chi connectivity index (χ4n) is 1.81. The molecule has 0 aliphatic heterocycles. The molecule has 0 atom stereocenters. The van der Waals surface area contributed by atoms with E-state index in [0.29, 0.717) is 5.69 Å². The molecule has 0 fully saturated rings. The smallest absolute Gasteiger partial charge is 0.337 e. The number of pyridine rings is 1. The number of benzene rings is 1. The Morgan fingerprint density at radius 3 is 2.64 bits per heavy atom. The lowest BCUT2D eigenvalue weighted by atomic mass is 10.2. The van der Waals surface area contributed by atoms with Crippen LogP contribution in [0.5, 0.6) is 0 Å². The van der Waals surface area contributed by atoms with Crippen molar-refractivity contribution in [3.63, 3.8) is 0 Å². The van der Waals surface area contributed by atoms with Crippen molar-refractivity contribution in [1.82, 2.24) is 9.29 Å². The maximum atomic E-state index is 12.5. The van der Waals surface area contributed by atoms with E-state index in [1.165, 1.54) is 19.2 Å². The first-order valence-corrected chi connectivity index (χ1v) is 8.03. The quantitative estimate of drug-likeness (QED) is 0.902. The molecule has 1 N–H and O–H groups in total. The summed E-state index contributed by atoms with van der Waals surface area (Å²) in [5.74, 6) is -1.28. The summed E-state index contributed by atoms with van der Waals surface area (Å²) in [4.78, 5) is 15.0. The van der Waals surface area contributed by atoms with Crippen LogP contribution < -0.4 is 0 Å². The molecule has 22 heavy (non-hydrogen) atoms. The topological polar surface area (TPSA) is 87.6 Å². The molecule has 0 unspecified atom stereocenters. The highest BCUT2D eigenvalue weighted by Gasteiger charge is 2.23. The van der Waals surface area contributed by atoms with Gasteiger partial charge in [-0.1, -0.05) is 17.7 Å². The van der Waals surface area contributed by atoms with Crippen molar-refractivity contribution < 1.29 is 18.3 Å². The Kier molecular flexibility index (Phi) is 4.80. The van der Waals surface area contributed by atoms with Crippen molar-refractivity contribution in [2.24, 2.45) is 0 Å². The Morgan fingerprint density at radius 2 is 2.05 bits per heavy atom. The predicted octanol–water partition coefficient (Wildman–Crippen LogP) is 2.25. The molecule has 8 heteroatoms. The molecule has 0 amide bonds. The molecule has 0 radical (unpaired) electrons. The summed E-state index contributed by atoms with van der Waals surface area (Å²) in [5, 5.41) is 9.01. The molecule has 0 aliphatic rings. The summed E-state index contributed by atoms with van der Waals surface area (Å²) < 4.78 is 26.1. The first-order valence-electron chi connectivity index (χ1n) is 6.21. The lowest BCUT2D eigenvalue weighted by molar-refractivity contribution is 0.0697. The summed E-state index contributed by atoms with van der Waals surface area (Å²) in [6, 6.07) is 8.78. The van der Waals surface area contributed by atoms with Crippen LogP contribution in [-0.2, 0) is 16.6 Å². The second-order valence-electron chi connectivity index (χ2n) is 4.53. The second-order valence-corrected chi connectivity index (χ2v) is 6.98. The van der Waals surface area contributed by atoms with Gasteiger partial charge < -0.3 is 5.11 Å². The number of carboxylic acid groups (broad SMARTS) is 1. The first kappa shape index (κ1) is 16.4. The van der Waals surface area contributed by atoms with Gasteiger partial charge in [-0.2, -0.15) is 4.31 Å². The summed E-state index contributed by atoms with van der Waals surface area (Å²) >= 11 is 5.75. The Labute approximate surface area is 133 Å². The lowest BCUT2D eigenvalue weighted by Gasteiger charge is -2.17. The van der Waals surface area contributed by atoms with Gasteiger partial charge in [0.2, 0.25) is 10.0 Å². The van der Waals surface area contributed by atoms with Crippen LogP contribution in [-0.4, -0.2) is 35.8 Å². The minimum absolute atomic E-state index is 0.0150. The van der Waals surface area contributed by atoms with Crippen LogP contribution in [0.2, 0.25) is 5.02 Å². The van der Waals surface area contributed by atoms with Crippen molar-refractivity contribution in [3.05, 3.63) is 58.9 Å². The van der Waals surface area contributed by atoms with E-state index in [2.05, 4.69) is 4.98 Å². The average molecular weight is 341 g/mol. The number of hydrogen-bond acceptors (Lipinski definition) is 4. The Morgan fingerprint density at radius 1 is 1.32 bits per heavy atom. The van der Waals surface area contributed by atoms with Gasteiger partial charge in [-0.3, -0.25) is 4.98 Å². The fourth-order valence-corrected chi connectivity index (χ4v) is 3.18. The van der Waals surface area contributed by atoms with E-state index in [-0.39, 0.29) is 22.0 Å². The van der Waals surface area contributed by atoms with Crippen LogP contribution in [0.4, 0.5) is 0 Å². The summed E-state index contributed by atoms with van der Waals surface area (Å²) in [5.41, 5.74) is 0.329. The molecule has 1 aromatic heterocycles. The van der Waals surface area contributed by atoms with Crippen LogP contribution in [0, 0.1) is 0 Å². The minimum Gasteiger partial charge on any atom is -0.478 e. The number of hydrogen-bond donors (Lipinski definition) is 1. The molecule has 1 aromatic carbocycles. The van der Waals surface area contributed by atoms with Crippen LogP contribution in [0.1, 0.15) is 16.1 Å². The largest absolute Gasteiger partial charge is 0.478 e. The normalized spacial score (nSPS) is 11.6. The zero-order chi connectivity index (χ0) is 16.3. The third kappa shape index (κ3) is 3.44. The molecule has 116 valence electrons. The number of aromatic nitrogens is 1. The van der Waals surface area contributed by atoms with E-state index in [4.69, 9.17) is 16.7 Å². The molecule has 1 heterocycles. The number of sulfonamides is 1. The highest BCUT2D eigenvalue weighted by atomic mass is 35.5. The monoisotopic (exact) mass is 340 g/mol. The number of aromatic carboxylic acids is 1. The summed E-state index contributed by atoms with van der Waals surface area (Å²) in [7, 11) is -2.44. The van der Waals surface area contributed by atoms with Gasteiger partial charge >= 0.3 is 5.97 Å². The summed E-state index contributed by atoms with van der Waals surface area (Å²) in [6.45, 7) is 0.0776. The molecule has 0 spiro atoms. The summed E-state index contributed by atoms with van der Waals surface area (Å²) in [6.07, 6.45) is 1.57. The highest BCUT2D eigenvalue weighted by molar-refractivity contribution is 7.89. The second kappa shape index (κ2) is 6.43. The van der Waals surface area contributed by atoms with Gasteiger partial charge in [0, 0.05) is 13.2 Å². The van der Waals surface area contributed by atoms with Crippen molar-refractivity contribution in [3.8, 4) is 0 Å². The van der Waals surface area contributed by atoms with Gasteiger partial charge in [-0.05, 0) is 30.3 Å². The van der Waals surface area contributed by atoms with E-state index in [1.807, 2.05) is 0 Å². The average Bonchev–Trinajstić information content (AvgIpc) is 2.48. The standard InChI is InChI=1S/C14H13ClN2O4S/c1-17(9-10-4-2-3-7-16-10)22(20,21)11-5-6-13(15)12(8-11)14(18)19/h2-8H,9H2,1H3,(H,18,19). The molecule has 6 nitrogen and oxygen atoms in total. The maximum absolute atomic E-state index is 12.5. The number of rotatable bonds is 5.